The Labute approximate surface area is 108 Å². The van der Waals surface area contributed by atoms with Crippen LogP contribution in [-0.4, -0.2) is 32.4 Å². The molecule has 2 heterocycles. The molecule has 0 spiro atoms. The fraction of sp³-hybridized carbons (Fsp3) is 0.600. The summed E-state index contributed by atoms with van der Waals surface area (Å²) in [6.45, 7) is 3.71. The summed E-state index contributed by atoms with van der Waals surface area (Å²) in [4.78, 5) is 0. The van der Waals surface area contributed by atoms with E-state index in [1.807, 2.05) is 0 Å². The number of benzene rings is 1. The van der Waals surface area contributed by atoms with E-state index < -0.39 is 0 Å². The van der Waals surface area contributed by atoms with Crippen LogP contribution in [0.15, 0.2) is 18.2 Å². The van der Waals surface area contributed by atoms with Gasteiger partial charge in [0.25, 0.3) is 0 Å². The van der Waals surface area contributed by atoms with Crippen LogP contribution in [0.1, 0.15) is 24.0 Å². The van der Waals surface area contributed by atoms with E-state index in [9.17, 15) is 0 Å². The first-order valence-electron chi connectivity index (χ1n) is 6.99. The highest BCUT2D eigenvalue weighted by molar-refractivity contribution is 5.38. The van der Waals surface area contributed by atoms with Gasteiger partial charge in [-0.15, -0.1) is 0 Å². The van der Waals surface area contributed by atoms with Crippen LogP contribution in [0.3, 0.4) is 0 Å². The zero-order chi connectivity index (χ0) is 12.2. The minimum Gasteiger partial charge on any atom is -0.493 e. The number of hydrogen-bond acceptors (Lipinski definition) is 3. The van der Waals surface area contributed by atoms with E-state index in [0.29, 0.717) is 6.10 Å². The molecule has 3 rings (SSSR count). The first-order chi connectivity index (χ1) is 8.92. The van der Waals surface area contributed by atoms with E-state index >= 15 is 0 Å². The lowest BCUT2D eigenvalue weighted by Gasteiger charge is -2.24. The summed E-state index contributed by atoms with van der Waals surface area (Å²) in [7, 11) is 0. The summed E-state index contributed by atoms with van der Waals surface area (Å²) in [5.74, 6) is 1.08. The van der Waals surface area contributed by atoms with Crippen LogP contribution in [-0.2, 0) is 17.6 Å². The number of nitrogens with one attached hydrogen (secondary N) is 1. The molecular formula is C15H21NO2. The zero-order valence-electron chi connectivity index (χ0n) is 10.8. The molecule has 0 amide bonds. The van der Waals surface area contributed by atoms with E-state index in [2.05, 4.69) is 23.5 Å². The Bertz CT molecular complexity index is 399. The quantitative estimate of drug-likeness (QED) is 0.885. The van der Waals surface area contributed by atoms with E-state index in [0.717, 1.165) is 57.7 Å². The Morgan fingerprint density at radius 2 is 2.28 bits per heavy atom. The second kappa shape index (κ2) is 5.72. The number of aryl methyl sites for hydroxylation is 2. The molecule has 2 aliphatic heterocycles. The van der Waals surface area contributed by atoms with Gasteiger partial charge in [0.15, 0.2) is 0 Å². The number of ether oxygens (including phenoxy) is 2. The third kappa shape index (κ3) is 2.85. The highest BCUT2D eigenvalue weighted by Crippen LogP contribution is 2.26. The van der Waals surface area contributed by atoms with Gasteiger partial charge in [-0.25, -0.2) is 0 Å². The lowest BCUT2D eigenvalue weighted by atomic mass is 9.99. The third-order valence-corrected chi connectivity index (χ3v) is 3.73. The van der Waals surface area contributed by atoms with Gasteiger partial charge in [0, 0.05) is 13.1 Å². The summed E-state index contributed by atoms with van der Waals surface area (Å²) in [5, 5.41) is 3.38. The molecule has 3 nitrogen and oxygen atoms in total. The van der Waals surface area contributed by atoms with Gasteiger partial charge in [-0.3, -0.25) is 0 Å². The smallest absolute Gasteiger partial charge is 0.122 e. The highest BCUT2D eigenvalue weighted by atomic mass is 16.5. The third-order valence-electron chi connectivity index (χ3n) is 3.73. The Balaban J connectivity index is 1.58. The second-order valence-electron chi connectivity index (χ2n) is 5.13. The molecule has 1 aromatic rings. The SMILES string of the molecule is c1cc2c(cc1CCC1CNCCO1)CCCO2. The Kier molecular flexibility index (Phi) is 3.81. The summed E-state index contributed by atoms with van der Waals surface area (Å²) < 4.78 is 11.4. The highest BCUT2D eigenvalue weighted by Gasteiger charge is 2.14. The summed E-state index contributed by atoms with van der Waals surface area (Å²) in [6.07, 6.45) is 4.88. The largest absolute Gasteiger partial charge is 0.493 e. The van der Waals surface area contributed by atoms with Gasteiger partial charge in [-0.2, -0.15) is 0 Å². The molecule has 1 aromatic carbocycles. The zero-order valence-corrected chi connectivity index (χ0v) is 10.8. The molecule has 1 fully saturated rings. The van der Waals surface area contributed by atoms with Gasteiger partial charge in [0.1, 0.15) is 5.75 Å². The summed E-state index contributed by atoms with van der Waals surface area (Å²) in [6, 6.07) is 6.63. The minimum absolute atomic E-state index is 0.381. The van der Waals surface area contributed by atoms with Crippen LogP contribution in [0, 0.1) is 0 Å². The van der Waals surface area contributed by atoms with Gasteiger partial charge in [0.05, 0.1) is 19.3 Å². The molecule has 1 atom stereocenters. The number of rotatable bonds is 3. The molecule has 1 unspecified atom stereocenters. The van der Waals surface area contributed by atoms with Crippen molar-refractivity contribution < 1.29 is 9.47 Å². The maximum atomic E-state index is 5.73. The van der Waals surface area contributed by atoms with Crippen molar-refractivity contribution in [3.63, 3.8) is 0 Å². The van der Waals surface area contributed by atoms with E-state index in [-0.39, 0.29) is 0 Å². The molecule has 0 aromatic heterocycles. The molecule has 0 radical (unpaired) electrons. The fourth-order valence-electron chi connectivity index (χ4n) is 2.70. The van der Waals surface area contributed by atoms with Crippen LogP contribution in [0.5, 0.6) is 5.75 Å². The van der Waals surface area contributed by atoms with Gasteiger partial charge in [-0.05, 0) is 42.9 Å². The maximum Gasteiger partial charge on any atom is 0.122 e. The van der Waals surface area contributed by atoms with Gasteiger partial charge in [-0.1, -0.05) is 12.1 Å². The molecule has 0 saturated carbocycles. The van der Waals surface area contributed by atoms with Crippen molar-refractivity contribution in [2.24, 2.45) is 0 Å². The van der Waals surface area contributed by atoms with Crippen molar-refractivity contribution in [1.82, 2.24) is 5.32 Å². The number of fused-ring (bicyclic) bond motifs is 1. The standard InChI is InChI=1S/C15H21NO2/c1-2-13-10-12(4-6-15(13)18-8-1)3-5-14-11-16-7-9-17-14/h4,6,10,14,16H,1-3,5,7-9,11H2. The van der Waals surface area contributed by atoms with Gasteiger partial charge in [0.2, 0.25) is 0 Å². The van der Waals surface area contributed by atoms with E-state index in [1.54, 1.807) is 0 Å². The number of morpholine rings is 1. The predicted octanol–water partition coefficient (Wildman–Crippen LogP) is 1.93. The molecule has 2 aliphatic rings. The summed E-state index contributed by atoms with van der Waals surface area (Å²) in [5.41, 5.74) is 2.79. The first-order valence-corrected chi connectivity index (χ1v) is 6.99. The predicted molar refractivity (Wildman–Crippen MR) is 71.2 cm³/mol. The van der Waals surface area contributed by atoms with Crippen LogP contribution in [0.4, 0.5) is 0 Å². The normalized spacial score (nSPS) is 23.2. The molecule has 1 N–H and O–H groups in total. The van der Waals surface area contributed by atoms with Crippen molar-refractivity contribution >= 4 is 0 Å². The molecule has 3 heteroatoms. The van der Waals surface area contributed by atoms with Crippen LogP contribution < -0.4 is 10.1 Å². The lowest BCUT2D eigenvalue weighted by molar-refractivity contribution is 0.0238. The van der Waals surface area contributed by atoms with Crippen molar-refractivity contribution in [3.05, 3.63) is 29.3 Å². The Hall–Kier alpha value is -1.06. The lowest BCUT2D eigenvalue weighted by Crippen LogP contribution is -2.38. The molecular weight excluding hydrogens is 226 g/mol. The molecule has 1 saturated heterocycles. The topological polar surface area (TPSA) is 30.5 Å². The molecule has 98 valence electrons. The van der Waals surface area contributed by atoms with Crippen molar-refractivity contribution in [3.8, 4) is 5.75 Å². The van der Waals surface area contributed by atoms with Gasteiger partial charge >= 0.3 is 0 Å². The molecule has 0 aliphatic carbocycles. The van der Waals surface area contributed by atoms with E-state index in [4.69, 9.17) is 9.47 Å². The average molecular weight is 247 g/mol. The van der Waals surface area contributed by atoms with Crippen molar-refractivity contribution in [2.45, 2.75) is 31.8 Å². The van der Waals surface area contributed by atoms with Crippen LogP contribution >= 0.6 is 0 Å². The Morgan fingerprint density at radius 1 is 1.28 bits per heavy atom. The van der Waals surface area contributed by atoms with Crippen LogP contribution in [0.25, 0.3) is 0 Å². The van der Waals surface area contributed by atoms with Gasteiger partial charge < -0.3 is 14.8 Å². The monoisotopic (exact) mass is 247 g/mol. The maximum absolute atomic E-state index is 5.73. The van der Waals surface area contributed by atoms with Crippen LogP contribution in [0.2, 0.25) is 0 Å². The van der Waals surface area contributed by atoms with Crippen molar-refractivity contribution in [2.75, 3.05) is 26.3 Å². The van der Waals surface area contributed by atoms with E-state index in [1.165, 1.54) is 11.1 Å². The summed E-state index contributed by atoms with van der Waals surface area (Å²) >= 11 is 0. The minimum atomic E-state index is 0.381. The van der Waals surface area contributed by atoms with Crippen molar-refractivity contribution in [1.29, 1.82) is 0 Å². The second-order valence-corrected chi connectivity index (χ2v) is 5.13. The fourth-order valence-corrected chi connectivity index (χ4v) is 2.70. The Morgan fingerprint density at radius 3 is 3.17 bits per heavy atom. The molecule has 18 heavy (non-hydrogen) atoms. The average Bonchev–Trinajstić information content (AvgIpc) is 2.46. The number of hydrogen-bond donors (Lipinski definition) is 1. The molecule has 0 bridgehead atoms. The first kappa shape index (κ1) is 12.0.